The molecule has 0 spiro atoms. The summed E-state index contributed by atoms with van der Waals surface area (Å²) in [7, 11) is 2.71. The minimum atomic E-state index is -0.510. The molecule has 1 fully saturated rings. The zero-order chi connectivity index (χ0) is 14.7. The first-order valence-electron chi connectivity index (χ1n) is 5.56. The maximum atomic E-state index is 11.5. The number of carbonyl (C=O) groups excluding carboxylic acids is 3. The number of carbonyl (C=O) groups is 3. The van der Waals surface area contributed by atoms with Gasteiger partial charge in [-0.25, -0.2) is 4.79 Å². The highest BCUT2D eigenvalue weighted by Gasteiger charge is 2.25. The fourth-order valence-corrected chi connectivity index (χ4v) is 2.33. The lowest BCUT2D eigenvalue weighted by molar-refractivity contribution is -0.115. The maximum Gasteiger partial charge on any atom is 0.341 e. The molecular weight excluding hydrogens is 282 g/mol. The van der Waals surface area contributed by atoms with Crippen LogP contribution in [0.5, 0.6) is 5.75 Å². The number of thioether (sulfide) groups is 1. The van der Waals surface area contributed by atoms with E-state index in [0.29, 0.717) is 16.2 Å². The van der Waals surface area contributed by atoms with Gasteiger partial charge in [0.05, 0.1) is 19.1 Å². The Morgan fingerprint density at radius 3 is 2.60 bits per heavy atom. The van der Waals surface area contributed by atoms with Gasteiger partial charge in [0.2, 0.25) is 0 Å². The lowest BCUT2D eigenvalue weighted by atomic mass is 10.1. The van der Waals surface area contributed by atoms with E-state index in [-0.39, 0.29) is 5.56 Å². The summed E-state index contributed by atoms with van der Waals surface area (Å²) < 4.78 is 9.75. The first kappa shape index (κ1) is 14.1. The normalized spacial score (nSPS) is 16.2. The standard InChI is InChI=1S/C13H11NO5S/c1-18-9-5-7(3-4-8(9)12(16)19-2)6-10-11(15)14-13(17)20-10/h3-6H,1-2H3,(H,14,15,17). The van der Waals surface area contributed by atoms with Crippen molar-refractivity contribution in [1.29, 1.82) is 0 Å². The summed E-state index contributed by atoms with van der Waals surface area (Å²) in [5.41, 5.74) is 0.929. The largest absolute Gasteiger partial charge is 0.496 e. The first-order valence-corrected chi connectivity index (χ1v) is 6.38. The van der Waals surface area contributed by atoms with Gasteiger partial charge in [0.15, 0.2) is 0 Å². The van der Waals surface area contributed by atoms with Crippen LogP contribution >= 0.6 is 11.8 Å². The molecule has 0 unspecified atom stereocenters. The zero-order valence-corrected chi connectivity index (χ0v) is 11.6. The molecule has 0 saturated carbocycles. The second-order valence-corrected chi connectivity index (χ2v) is 4.82. The molecule has 6 nitrogen and oxygen atoms in total. The van der Waals surface area contributed by atoms with Gasteiger partial charge >= 0.3 is 5.97 Å². The van der Waals surface area contributed by atoms with E-state index >= 15 is 0 Å². The van der Waals surface area contributed by atoms with Gasteiger partial charge in [-0.15, -0.1) is 0 Å². The van der Waals surface area contributed by atoms with Crippen LogP contribution in [0.1, 0.15) is 15.9 Å². The number of benzene rings is 1. The average Bonchev–Trinajstić information content (AvgIpc) is 2.75. The third kappa shape index (κ3) is 2.83. The molecule has 1 aromatic carbocycles. The summed E-state index contributed by atoms with van der Waals surface area (Å²) in [5, 5.41) is 1.76. The van der Waals surface area contributed by atoms with Gasteiger partial charge in [0.1, 0.15) is 11.3 Å². The minimum Gasteiger partial charge on any atom is -0.496 e. The molecule has 20 heavy (non-hydrogen) atoms. The molecule has 0 aliphatic carbocycles. The fourth-order valence-electron chi connectivity index (χ4n) is 1.65. The molecule has 0 atom stereocenters. The number of hydrogen-bond donors (Lipinski definition) is 1. The molecule has 1 aliphatic heterocycles. The summed E-state index contributed by atoms with van der Waals surface area (Å²) >= 11 is 0.826. The summed E-state index contributed by atoms with van der Waals surface area (Å²) in [6, 6.07) is 4.77. The summed E-state index contributed by atoms with van der Waals surface area (Å²) in [6.07, 6.45) is 1.55. The van der Waals surface area contributed by atoms with Gasteiger partial charge < -0.3 is 9.47 Å². The molecule has 1 aromatic rings. The van der Waals surface area contributed by atoms with Crippen molar-refractivity contribution in [2.75, 3.05) is 14.2 Å². The number of rotatable bonds is 3. The summed E-state index contributed by atoms with van der Waals surface area (Å²) in [6.45, 7) is 0. The summed E-state index contributed by atoms with van der Waals surface area (Å²) in [4.78, 5) is 34.3. The van der Waals surface area contributed by atoms with E-state index in [1.165, 1.54) is 20.3 Å². The molecule has 1 N–H and O–H groups in total. The Kier molecular flexibility index (Phi) is 4.09. The van der Waals surface area contributed by atoms with Crippen LogP contribution in [0, 0.1) is 0 Å². The van der Waals surface area contributed by atoms with Gasteiger partial charge in [0, 0.05) is 0 Å². The Morgan fingerprint density at radius 1 is 1.30 bits per heavy atom. The van der Waals surface area contributed by atoms with E-state index < -0.39 is 17.1 Å². The average molecular weight is 293 g/mol. The van der Waals surface area contributed by atoms with Crippen molar-refractivity contribution < 1.29 is 23.9 Å². The van der Waals surface area contributed by atoms with Crippen LogP contribution in [-0.2, 0) is 9.53 Å². The van der Waals surface area contributed by atoms with Crippen LogP contribution in [0.4, 0.5) is 4.79 Å². The van der Waals surface area contributed by atoms with Crippen LogP contribution in [0.15, 0.2) is 23.1 Å². The van der Waals surface area contributed by atoms with E-state index in [1.807, 2.05) is 0 Å². The third-order valence-corrected chi connectivity index (χ3v) is 3.38. The second-order valence-electron chi connectivity index (χ2n) is 3.80. The number of amides is 2. The Labute approximate surface area is 119 Å². The summed E-state index contributed by atoms with van der Waals surface area (Å²) in [5.74, 6) is -0.610. The molecule has 1 saturated heterocycles. The van der Waals surface area contributed by atoms with E-state index in [4.69, 9.17) is 4.74 Å². The number of nitrogens with one attached hydrogen (secondary N) is 1. The molecule has 0 aromatic heterocycles. The molecule has 2 rings (SSSR count). The first-order chi connectivity index (χ1) is 9.55. The highest BCUT2D eigenvalue weighted by molar-refractivity contribution is 8.18. The molecule has 1 aliphatic rings. The smallest absolute Gasteiger partial charge is 0.341 e. The van der Waals surface area contributed by atoms with E-state index in [9.17, 15) is 14.4 Å². The van der Waals surface area contributed by atoms with Crippen LogP contribution < -0.4 is 10.1 Å². The molecule has 1 heterocycles. The Balaban J connectivity index is 2.35. The molecule has 0 bridgehead atoms. The highest BCUT2D eigenvalue weighted by Crippen LogP contribution is 2.28. The third-order valence-electron chi connectivity index (χ3n) is 2.57. The zero-order valence-electron chi connectivity index (χ0n) is 10.8. The van der Waals surface area contributed by atoms with E-state index in [0.717, 1.165) is 11.8 Å². The number of ether oxygens (including phenoxy) is 2. The molecular formula is C13H11NO5S. The molecule has 104 valence electrons. The monoisotopic (exact) mass is 293 g/mol. The van der Waals surface area contributed by atoms with Crippen molar-refractivity contribution >= 4 is 35.0 Å². The second kappa shape index (κ2) is 5.79. The fraction of sp³-hybridized carbons (Fsp3) is 0.154. The van der Waals surface area contributed by atoms with Crippen LogP contribution in [-0.4, -0.2) is 31.3 Å². The predicted molar refractivity (Wildman–Crippen MR) is 73.4 cm³/mol. The Bertz CT molecular complexity index is 623. The van der Waals surface area contributed by atoms with Crippen LogP contribution in [0.2, 0.25) is 0 Å². The van der Waals surface area contributed by atoms with Gasteiger partial charge in [-0.2, -0.15) is 0 Å². The van der Waals surface area contributed by atoms with Crippen molar-refractivity contribution in [2.45, 2.75) is 0 Å². The van der Waals surface area contributed by atoms with Gasteiger partial charge in [0.25, 0.3) is 11.1 Å². The topological polar surface area (TPSA) is 81.7 Å². The lowest BCUT2D eigenvalue weighted by Gasteiger charge is -2.07. The SMILES string of the molecule is COC(=O)c1ccc(C=C2SC(=O)NC2=O)cc1OC. The van der Waals surface area contributed by atoms with Crippen molar-refractivity contribution in [3.8, 4) is 5.75 Å². The minimum absolute atomic E-state index is 0.289. The maximum absolute atomic E-state index is 11.5. The lowest BCUT2D eigenvalue weighted by Crippen LogP contribution is -2.17. The van der Waals surface area contributed by atoms with Crippen molar-refractivity contribution in [2.24, 2.45) is 0 Å². The number of methoxy groups -OCH3 is 2. The van der Waals surface area contributed by atoms with E-state index in [1.54, 1.807) is 18.2 Å². The van der Waals surface area contributed by atoms with E-state index in [2.05, 4.69) is 10.1 Å². The molecule has 7 heteroatoms. The Morgan fingerprint density at radius 2 is 2.05 bits per heavy atom. The van der Waals surface area contributed by atoms with Crippen molar-refractivity contribution in [3.63, 3.8) is 0 Å². The Hall–Kier alpha value is -2.28. The van der Waals surface area contributed by atoms with Gasteiger partial charge in [-0.3, -0.25) is 14.9 Å². The van der Waals surface area contributed by atoms with Crippen molar-refractivity contribution in [1.82, 2.24) is 5.32 Å². The van der Waals surface area contributed by atoms with Crippen LogP contribution in [0.25, 0.3) is 6.08 Å². The molecule has 2 amide bonds. The van der Waals surface area contributed by atoms with Gasteiger partial charge in [-0.1, -0.05) is 6.07 Å². The molecule has 0 radical (unpaired) electrons. The van der Waals surface area contributed by atoms with Gasteiger partial charge in [-0.05, 0) is 35.5 Å². The number of hydrogen-bond acceptors (Lipinski definition) is 6. The van der Waals surface area contributed by atoms with Crippen LogP contribution in [0.3, 0.4) is 0 Å². The van der Waals surface area contributed by atoms with Crippen molar-refractivity contribution in [3.05, 3.63) is 34.2 Å². The highest BCUT2D eigenvalue weighted by atomic mass is 32.2. The number of imide groups is 1. The predicted octanol–water partition coefficient (Wildman–Crippen LogP) is 1.81. The quantitative estimate of drug-likeness (QED) is 0.676. The number of esters is 1.